The summed E-state index contributed by atoms with van der Waals surface area (Å²) in [4.78, 5) is 16.6. The zero-order chi connectivity index (χ0) is 18.2. The number of carbonyl (C=O) groups excluding carboxylic acids is 1. The Morgan fingerprint density at radius 2 is 2.04 bits per heavy atom. The predicted octanol–water partition coefficient (Wildman–Crippen LogP) is 3.73. The molecule has 0 bridgehead atoms. The Morgan fingerprint density at radius 3 is 2.72 bits per heavy atom. The van der Waals surface area contributed by atoms with Crippen LogP contribution in [0.2, 0.25) is 5.02 Å². The van der Waals surface area contributed by atoms with E-state index in [0.29, 0.717) is 13.1 Å². The average molecular weight is 367 g/mol. The van der Waals surface area contributed by atoms with Crippen LogP contribution in [0.4, 0.5) is 10.5 Å². The molecule has 0 N–H and O–H groups in total. The smallest absolute Gasteiger partial charge is 0.410 e. The standard InChI is InChI=1S/C19H27ClN2O3/c1-19(2,3)25-18(23)21-11-16(17(12-21)24-4)22-9-5-6-13-10-14(20)7-8-15(13)22/h7-8,10,16-17H,5-6,9,11-12H2,1-4H3. The van der Waals surface area contributed by atoms with Crippen molar-refractivity contribution >= 4 is 23.4 Å². The molecule has 0 saturated carbocycles. The number of ether oxygens (including phenoxy) is 2. The van der Waals surface area contributed by atoms with Gasteiger partial charge >= 0.3 is 6.09 Å². The van der Waals surface area contributed by atoms with Gasteiger partial charge in [0.05, 0.1) is 18.7 Å². The van der Waals surface area contributed by atoms with Crippen LogP contribution >= 0.6 is 11.6 Å². The number of hydrogen-bond acceptors (Lipinski definition) is 4. The topological polar surface area (TPSA) is 42.0 Å². The van der Waals surface area contributed by atoms with Crippen molar-refractivity contribution in [2.24, 2.45) is 0 Å². The van der Waals surface area contributed by atoms with Gasteiger partial charge in [0.25, 0.3) is 0 Å². The second-order valence-electron chi connectivity index (χ2n) is 7.80. The maximum absolute atomic E-state index is 12.5. The fourth-order valence-electron chi connectivity index (χ4n) is 3.70. The zero-order valence-electron chi connectivity index (χ0n) is 15.4. The summed E-state index contributed by atoms with van der Waals surface area (Å²) in [6.07, 6.45) is 1.80. The van der Waals surface area contributed by atoms with Crippen LogP contribution in [-0.4, -0.2) is 55.5 Å². The molecule has 1 saturated heterocycles. The molecule has 0 aromatic heterocycles. The van der Waals surface area contributed by atoms with E-state index in [1.54, 1.807) is 12.0 Å². The van der Waals surface area contributed by atoms with Gasteiger partial charge in [0.2, 0.25) is 0 Å². The van der Waals surface area contributed by atoms with E-state index < -0.39 is 5.60 Å². The van der Waals surface area contributed by atoms with Crippen LogP contribution in [0.25, 0.3) is 0 Å². The number of carbonyl (C=O) groups is 1. The third-order valence-corrected chi connectivity index (χ3v) is 5.02. The van der Waals surface area contributed by atoms with Crippen molar-refractivity contribution < 1.29 is 14.3 Å². The van der Waals surface area contributed by atoms with Gasteiger partial charge in [-0.15, -0.1) is 0 Å². The van der Waals surface area contributed by atoms with Crippen LogP contribution in [0.3, 0.4) is 0 Å². The molecule has 1 aromatic carbocycles. The molecule has 2 atom stereocenters. The first-order valence-electron chi connectivity index (χ1n) is 8.84. The van der Waals surface area contributed by atoms with Crippen molar-refractivity contribution in [3.63, 3.8) is 0 Å². The van der Waals surface area contributed by atoms with E-state index in [2.05, 4.69) is 11.0 Å². The van der Waals surface area contributed by atoms with Crippen LogP contribution < -0.4 is 4.90 Å². The Balaban J connectivity index is 1.80. The van der Waals surface area contributed by atoms with Crippen molar-refractivity contribution in [3.05, 3.63) is 28.8 Å². The molecule has 3 rings (SSSR count). The molecule has 1 fully saturated rings. The maximum Gasteiger partial charge on any atom is 0.410 e. The lowest BCUT2D eigenvalue weighted by Crippen LogP contribution is -2.46. The lowest BCUT2D eigenvalue weighted by atomic mass is 9.99. The molecular weight excluding hydrogens is 340 g/mol. The van der Waals surface area contributed by atoms with Gasteiger partial charge in [0.1, 0.15) is 5.60 Å². The lowest BCUT2D eigenvalue weighted by molar-refractivity contribution is 0.0252. The summed E-state index contributed by atoms with van der Waals surface area (Å²) in [5, 5.41) is 0.769. The summed E-state index contributed by atoms with van der Waals surface area (Å²) in [7, 11) is 1.71. The Kier molecular flexibility index (Phi) is 5.16. The highest BCUT2D eigenvalue weighted by molar-refractivity contribution is 6.30. The molecule has 6 heteroatoms. The molecule has 0 spiro atoms. The highest BCUT2D eigenvalue weighted by Gasteiger charge is 2.41. The Labute approximate surface area is 154 Å². The van der Waals surface area contributed by atoms with Crippen LogP contribution in [0.15, 0.2) is 18.2 Å². The number of halogens is 1. The second kappa shape index (κ2) is 7.04. The van der Waals surface area contributed by atoms with Crippen molar-refractivity contribution in [2.75, 3.05) is 31.6 Å². The first-order chi connectivity index (χ1) is 11.8. The van der Waals surface area contributed by atoms with Crippen molar-refractivity contribution in [2.45, 2.75) is 51.4 Å². The molecule has 0 radical (unpaired) electrons. The molecule has 2 heterocycles. The largest absolute Gasteiger partial charge is 0.444 e. The Bertz CT molecular complexity index is 644. The summed E-state index contributed by atoms with van der Waals surface area (Å²) in [5.41, 5.74) is 1.98. The monoisotopic (exact) mass is 366 g/mol. The minimum Gasteiger partial charge on any atom is -0.444 e. The number of likely N-dealkylation sites (tertiary alicyclic amines) is 1. The van der Waals surface area contributed by atoms with E-state index in [4.69, 9.17) is 21.1 Å². The first kappa shape index (κ1) is 18.3. The minimum absolute atomic E-state index is 0.0332. The molecule has 5 nitrogen and oxygen atoms in total. The summed E-state index contributed by atoms with van der Waals surface area (Å²) in [6.45, 7) is 7.77. The number of anilines is 1. The van der Waals surface area contributed by atoms with Gasteiger partial charge in [-0.2, -0.15) is 0 Å². The van der Waals surface area contributed by atoms with E-state index in [1.807, 2.05) is 32.9 Å². The van der Waals surface area contributed by atoms with Gasteiger partial charge in [-0.3, -0.25) is 0 Å². The van der Waals surface area contributed by atoms with Crippen LogP contribution in [-0.2, 0) is 15.9 Å². The SMILES string of the molecule is COC1CN(C(=O)OC(C)(C)C)CC1N1CCCc2cc(Cl)ccc21. The van der Waals surface area contributed by atoms with Crippen molar-refractivity contribution in [1.82, 2.24) is 4.90 Å². The summed E-state index contributed by atoms with van der Waals surface area (Å²) >= 11 is 6.15. The van der Waals surface area contributed by atoms with E-state index in [-0.39, 0.29) is 18.2 Å². The van der Waals surface area contributed by atoms with Gasteiger partial charge in [0.15, 0.2) is 0 Å². The number of benzene rings is 1. The average Bonchev–Trinajstić information content (AvgIpc) is 2.96. The lowest BCUT2D eigenvalue weighted by Gasteiger charge is -2.38. The molecule has 25 heavy (non-hydrogen) atoms. The van der Waals surface area contributed by atoms with E-state index in [9.17, 15) is 4.79 Å². The molecule has 0 aliphatic carbocycles. The molecule has 2 aliphatic rings. The quantitative estimate of drug-likeness (QED) is 0.799. The fraction of sp³-hybridized carbons (Fsp3) is 0.632. The summed E-state index contributed by atoms with van der Waals surface area (Å²) in [6, 6.07) is 6.18. The van der Waals surface area contributed by atoms with Gasteiger partial charge in [-0.25, -0.2) is 4.79 Å². The number of fused-ring (bicyclic) bond motifs is 1. The number of aryl methyl sites for hydroxylation is 1. The number of hydrogen-bond donors (Lipinski definition) is 0. The minimum atomic E-state index is -0.494. The molecule has 2 unspecified atom stereocenters. The van der Waals surface area contributed by atoms with Crippen LogP contribution in [0.5, 0.6) is 0 Å². The first-order valence-corrected chi connectivity index (χ1v) is 9.22. The van der Waals surface area contributed by atoms with E-state index in [1.165, 1.54) is 11.3 Å². The predicted molar refractivity (Wildman–Crippen MR) is 99.5 cm³/mol. The third-order valence-electron chi connectivity index (χ3n) is 4.79. The number of rotatable bonds is 2. The summed E-state index contributed by atoms with van der Waals surface area (Å²) in [5.74, 6) is 0. The molecular formula is C19H27ClN2O3. The zero-order valence-corrected chi connectivity index (χ0v) is 16.2. The van der Waals surface area contributed by atoms with Gasteiger partial charge in [-0.05, 0) is 57.4 Å². The van der Waals surface area contributed by atoms with E-state index in [0.717, 1.165) is 24.4 Å². The van der Waals surface area contributed by atoms with Gasteiger partial charge < -0.3 is 19.3 Å². The van der Waals surface area contributed by atoms with Gasteiger partial charge in [0, 0.05) is 30.9 Å². The number of nitrogens with zero attached hydrogens (tertiary/aromatic N) is 2. The van der Waals surface area contributed by atoms with Gasteiger partial charge in [-0.1, -0.05) is 11.6 Å². The second-order valence-corrected chi connectivity index (χ2v) is 8.23. The molecule has 1 aromatic rings. The Morgan fingerprint density at radius 1 is 1.28 bits per heavy atom. The van der Waals surface area contributed by atoms with E-state index >= 15 is 0 Å². The van der Waals surface area contributed by atoms with Crippen molar-refractivity contribution in [3.8, 4) is 0 Å². The number of amides is 1. The highest BCUT2D eigenvalue weighted by atomic mass is 35.5. The fourth-order valence-corrected chi connectivity index (χ4v) is 3.90. The maximum atomic E-state index is 12.5. The molecule has 2 aliphatic heterocycles. The Hall–Kier alpha value is -1.46. The number of methoxy groups -OCH3 is 1. The van der Waals surface area contributed by atoms with Crippen LogP contribution in [0, 0.1) is 0 Å². The summed E-state index contributed by atoms with van der Waals surface area (Å²) < 4.78 is 11.2. The van der Waals surface area contributed by atoms with Crippen molar-refractivity contribution in [1.29, 1.82) is 0 Å². The highest BCUT2D eigenvalue weighted by Crippen LogP contribution is 2.34. The normalized spacial score (nSPS) is 23.6. The van der Waals surface area contributed by atoms with Crippen LogP contribution in [0.1, 0.15) is 32.8 Å². The third kappa shape index (κ3) is 4.04. The molecule has 1 amide bonds. The molecule has 138 valence electrons.